The Hall–Kier alpha value is -3.19. The molecule has 3 rings (SSSR count). The van der Waals surface area contributed by atoms with E-state index in [0.717, 1.165) is 16.7 Å². The molecular formula is C19H12FNO2. The van der Waals surface area contributed by atoms with E-state index in [1.807, 2.05) is 0 Å². The molecule has 0 fully saturated rings. The Morgan fingerprint density at radius 1 is 1.00 bits per heavy atom. The zero-order valence-corrected chi connectivity index (χ0v) is 12.1. The van der Waals surface area contributed by atoms with Crippen LogP contribution in [-0.4, -0.2) is 10.9 Å². The zero-order chi connectivity index (χ0) is 16.4. The molecule has 4 heteroatoms. The number of hydrogen-bond acceptors (Lipinski definition) is 2. The van der Waals surface area contributed by atoms with Crippen LogP contribution in [0, 0.1) is 12.4 Å². The van der Waals surface area contributed by atoms with Crippen molar-refractivity contribution in [3.63, 3.8) is 0 Å². The van der Waals surface area contributed by atoms with E-state index in [0.29, 0.717) is 11.3 Å². The molecule has 0 heterocycles. The van der Waals surface area contributed by atoms with Crippen molar-refractivity contribution in [1.82, 2.24) is 0 Å². The smallest absolute Gasteiger partial charge is 0.201 e. The summed E-state index contributed by atoms with van der Waals surface area (Å²) in [6.45, 7) is 6.99. The number of rotatable bonds is 2. The molecule has 0 aromatic heterocycles. The van der Waals surface area contributed by atoms with Crippen LogP contribution in [0.4, 0.5) is 10.1 Å². The highest BCUT2D eigenvalue weighted by molar-refractivity contribution is 6.12. The van der Waals surface area contributed by atoms with Crippen molar-refractivity contribution in [3.8, 4) is 0 Å². The lowest BCUT2D eigenvalue weighted by Crippen LogP contribution is -2.10. The topological polar surface area (TPSA) is 41.7 Å². The number of hydrogen-bond donors (Lipinski definition) is 1. The molecule has 3 nitrogen and oxygen atoms in total. The maximum atomic E-state index is 13.1. The van der Waals surface area contributed by atoms with Gasteiger partial charge in [-0.2, -0.15) is 0 Å². The quantitative estimate of drug-likeness (QED) is 0.817. The van der Waals surface area contributed by atoms with Crippen molar-refractivity contribution < 1.29 is 14.3 Å². The van der Waals surface area contributed by atoms with Gasteiger partial charge in [-0.05, 0) is 40.5 Å². The zero-order valence-electron chi connectivity index (χ0n) is 12.1. The molecular weight excluding hydrogens is 293 g/mol. The van der Waals surface area contributed by atoms with Gasteiger partial charge in [0.1, 0.15) is 5.82 Å². The highest BCUT2D eigenvalue weighted by Crippen LogP contribution is 2.35. The molecule has 23 heavy (non-hydrogen) atoms. The maximum Gasteiger partial charge on any atom is 0.201 e. The number of ketones is 1. The SMILES string of the molecule is [C-]#[N+]c1ccc(C2=C(c3ccc(F)cc3)CC(=O)C(O)=C2)cc1. The number of benzene rings is 2. The van der Waals surface area contributed by atoms with E-state index < -0.39 is 0 Å². The minimum atomic E-state index is -0.370. The Kier molecular flexibility index (Phi) is 3.78. The first-order valence-electron chi connectivity index (χ1n) is 6.99. The number of Topliss-reactive ketones (excluding diaryl/α,β-unsaturated/α-hetero) is 1. The van der Waals surface area contributed by atoms with Crippen LogP contribution in [0.2, 0.25) is 0 Å². The molecule has 0 aliphatic heterocycles. The Morgan fingerprint density at radius 2 is 1.61 bits per heavy atom. The van der Waals surface area contributed by atoms with Crippen molar-refractivity contribution in [1.29, 1.82) is 0 Å². The monoisotopic (exact) mass is 305 g/mol. The van der Waals surface area contributed by atoms with Gasteiger partial charge in [0.25, 0.3) is 0 Å². The van der Waals surface area contributed by atoms with Crippen molar-refractivity contribution in [2.45, 2.75) is 6.42 Å². The summed E-state index contributed by atoms with van der Waals surface area (Å²) < 4.78 is 13.1. The molecule has 0 saturated carbocycles. The molecule has 0 saturated heterocycles. The summed E-state index contributed by atoms with van der Waals surface area (Å²) in [6.07, 6.45) is 1.48. The van der Waals surface area contributed by atoms with E-state index in [9.17, 15) is 14.3 Å². The Labute approximate surface area is 132 Å². The second-order valence-corrected chi connectivity index (χ2v) is 5.19. The van der Waals surface area contributed by atoms with Gasteiger partial charge in [-0.25, -0.2) is 9.24 Å². The molecule has 1 aliphatic carbocycles. The van der Waals surface area contributed by atoms with Gasteiger partial charge < -0.3 is 5.11 Å². The van der Waals surface area contributed by atoms with E-state index in [-0.39, 0.29) is 23.8 Å². The standard InChI is InChI=1S/C19H12FNO2/c1-21-15-8-4-13(5-9-15)17-11-19(23)18(22)10-16(17)12-2-6-14(20)7-3-12/h2-9,11,23H,10H2. The molecule has 0 unspecified atom stereocenters. The van der Waals surface area contributed by atoms with Crippen LogP contribution in [0.3, 0.4) is 0 Å². The Balaban J connectivity index is 2.16. The van der Waals surface area contributed by atoms with Crippen molar-refractivity contribution >= 4 is 22.6 Å². The van der Waals surface area contributed by atoms with Crippen LogP contribution in [0.15, 0.2) is 60.4 Å². The van der Waals surface area contributed by atoms with Crippen molar-refractivity contribution in [2.75, 3.05) is 0 Å². The van der Waals surface area contributed by atoms with Gasteiger partial charge >= 0.3 is 0 Å². The lowest BCUT2D eigenvalue weighted by atomic mass is 9.86. The van der Waals surface area contributed by atoms with Crippen LogP contribution in [-0.2, 0) is 4.79 Å². The Morgan fingerprint density at radius 3 is 2.22 bits per heavy atom. The van der Waals surface area contributed by atoms with Gasteiger partial charge in [-0.15, -0.1) is 0 Å². The highest BCUT2D eigenvalue weighted by atomic mass is 19.1. The lowest BCUT2D eigenvalue weighted by molar-refractivity contribution is -0.117. The third kappa shape index (κ3) is 2.90. The number of nitrogens with zero attached hydrogens (tertiary/aromatic N) is 1. The number of aliphatic hydroxyl groups excluding tert-OH is 1. The highest BCUT2D eigenvalue weighted by Gasteiger charge is 2.22. The van der Waals surface area contributed by atoms with Crippen LogP contribution in [0.5, 0.6) is 0 Å². The molecule has 112 valence electrons. The second kappa shape index (κ2) is 5.90. The molecule has 0 atom stereocenters. The number of carbonyl (C=O) groups is 1. The fourth-order valence-corrected chi connectivity index (χ4v) is 2.53. The predicted molar refractivity (Wildman–Crippen MR) is 86.3 cm³/mol. The molecule has 0 amide bonds. The van der Waals surface area contributed by atoms with Gasteiger partial charge in [0.2, 0.25) is 5.78 Å². The van der Waals surface area contributed by atoms with Crippen LogP contribution < -0.4 is 0 Å². The fraction of sp³-hybridized carbons (Fsp3) is 0.0526. The van der Waals surface area contributed by atoms with E-state index in [2.05, 4.69) is 4.85 Å². The number of halogens is 1. The predicted octanol–water partition coefficient (Wildman–Crippen LogP) is 4.70. The minimum absolute atomic E-state index is 0.0495. The molecule has 0 spiro atoms. The third-order valence-corrected chi connectivity index (χ3v) is 3.73. The molecule has 0 radical (unpaired) electrons. The summed E-state index contributed by atoms with van der Waals surface area (Å²) in [5.41, 5.74) is 3.45. The summed E-state index contributed by atoms with van der Waals surface area (Å²) in [4.78, 5) is 15.2. The third-order valence-electron chi connectivity index (χ3n) is 3.73. The van der Waals surface area contributed by atoms with Crippen molar-refractivity contribution in [3.05, 3.63) is 88.7 Å². The summed E-state index contributed by atoms with van der Waals surface area (Å²) in [5.74, 6) is -1.01. The molecule has 0 bridgehead atoms. The van der Waals surface area contributed by atoms with Gasteiger partial charge in [0, 0.05) is 6.42 Å². The van der Waals surface area contributed by atoms with Gasteiger partial charge in [0.05, 0.1) is 6.57 Å². The first-order valence-corrected chi connectivity index (χ1v) is 6.99. The number of allylic oxidation sites excluding steroid dienone is 4. The van der Waals surface area contributed by atoms with E-state index in [1.165, 1.54) is 18.2 Å². The largest absolute Gasteiger partial charge is 0.504 e. The van der Waals surface area contributed by atoms with Crippen LogP contribution >= 0.6 is 0 Å². The Bertz CT molecular complexity index is 869. The fourth-order valence-electron chi connectivity index (χ4n) is 2.53. The van der Waals surface area contributed by atoms with Crippen molar-refractivity contribution in [2.24, 2.45) is 0 Å². The second-order valence-electron chi connectivity index (χ2n) is 5.19. The summed E-state index contributed by atoms with van der Waals surface area (Å²) in [6, 6.07) is 12.8. The van der Waals surface area contributed by atoms with Gasteiger partial charge in [-0.3, -0.25) is 4.79 Å². The normalized spacial score (nSPS) is 14.4. The molecule has 1 aliphatic rings. The van der Waals surface area contributed by atoms with E-state index in [4.69, 9.17) is 6.57 Å². The van der Waals surface area contributed by atoms with Crippen LogP contribution in [0.25, 0.3) is 16.0 Å². The van der Waals surface area contributed by atoms with Gasteiger partial charge in [0.15, 0.2) is 11.4 Å². The minimum Gasteiger partial charge on any atom is -0.504 e. The van der Waals surface area contributed by atoms with Crippen LogP contribution in [0.1, 0.15) is 17.5 Å². The van der Waals surface area contributed by atoms with Gasteiger partial charge in [-0.1, -0.05) is 36.4 Å². The lowest BCUT2D eigenvalue weighted by Gasteiger charge is -2.18. The number of aliphatic hydroxyl groups is 1. The van der Waals surface area contributed by atoms with E-state index in [1.54, 1.807) is 36.4 Å². The average Bonchev–Trinajstić information content (AvgIpc) is 2.58. The summed E-state index contributed by atoms with van der Waals surface area (Å²) in [7, 11) is 0. The maximum absolute atomic E-state index is 13.1. The molecule has 2 aromatic carbocycles. The molecule has 2 aromatic rings. The summed E-state index contributed by atoms with van der Waals surface area (Å²) in [5, 5.41) is 9.79. The number of carbonyl (C=O) groups excluding carboxylic acids is 1. The van der Waals surface area contributed by atoms with E-state index >= 15 is 0 Å². The molecule has 1 N–H and O–H groups in total. The summed E-state index contributed by atoms with van der Waals surface area (Å²) >= 11 is 0. The first kappa shape index (κ1) is 14.7. The first-order chi connectivity index (χ1) is 11.1. The average molecular weight is 305 g/mol.